The van der Waals surface area contributed by atoms with Gasteiger partial charge in [0.2, 0.25) is 0 Å². The standard InChI is InChI=1S/C15H31NO9/c1-16(10-21-2)3-4-22-5-6-23-7-8-24-15-14(20)13(19)12(18)11(9-17)25-15/h11-15,17-20H,3-10H2,1-2H3. The fourth-order valence-corrected chi connectivity index (χ4v) is 2.26. The summed E-state index contributed by atoms with van der Waals surface area (Å²) in [5.74, 6) is 0. The van der Waals surface area contributed by atoms with E-state index in [1.807, 2.05) is 11.9 Å². The highest BCUT2D eigenvalue weighted by Gasteiger charge is 2.43. The zero-order chi connectivity index (χ0) is 18.7. The number of hydrogen-bond donors (Lipinski definition) is 4. The molecule has 150 valence electrons. The van der Waals surface area contributed by atoms with Gasteiger partial charge in [0.05, 0.1) is 46.4 Å². The number of aliphatic hydroxyl groups is 4. The predicted octanol–water partition coefficient (Wildman–Crippen LogP) is -2.63. The second kappa shape index (κ2) is 12.9. The molecule has 0 saturated carbocycles. The molecule has 1 saturated heterocycles. The zero-order valence-corrected chi connectivity index (χ0v) is 14.8. The van der Waals surface area contributed by atoms with E-state index in [0.717, 1.165) is 6.54 Å². The van der Waals surface area contributed by atoms with E-state index in [0.29, 0.717) is 26.6 Å². The lowest BCUT2D eigenvalue weighted by molar-refractivity contribution is -0.302. The minimum Gasteiger partial charge on any atom is -0.394 e. The van der Waals surface area contributed by atoms with Crippen LogP contribution in [0.25, 0.3) is 0 Å². The summed E-state index contributed by atoms with van der Waals surface area (Å²) in [7, 11) is 3.57. The van der Waals surface area contributed by atoms with Crippen LogP contribution in [-0.2, 0) is 23.7 Å². The average Bonchev–Trinajstić information content (AvgIpc) is 2.60. The summed E-state index contributed by atoms with van der Waals surface area (Å²) in [5.41, 5.74) is 0. The van der Waals surface area contributed by atoms with E-state index < -0.39 is 37.3 Å². The second-order valence-corrected chi connectivity index (χ2v) is 5.79. The van der Waals surface area contributed by atoms with E-state index >= 15 is 0 Å². The van der Waals surface area contributed by atoms with Gasteiger partial charge in [-0.05, 0) is 7.05 Å². The first-order chi connectivity index (χ1) is 12.0. The van der Waals surface area contributed by atoms with Gasteiger partial charge in [0.15, 0.2) is 6.29 Å². The van der Waals surface area contributed by atoms with Gasteiger partial charge in [-0.1, -0.05) is 0 Å². The Balaban J connectivity index is 2.04. The third kappa shape index (κ3) is 8.22. The molecular weight excluding hydrogens is 338 g/mol. The van der Waals surface area contributed by atoms with E-state index in [9.17, 15) is 15.3 Å². The van der Waals surface area contributed by atoms with E-state index in [1.54, 1.807) is 7.11 Å². The molecule has 1 aliphatic rings. The Hall–Kier alpha value is -0.400. The molecule has 0 spiro atoms. The van der Waals surface area contributed by atoms with E-state index in [-0.39, 0.29) is 13.2 Å². The number of likely N-dealkylation sites (N-methyl/N-ethyl adjacent to an activating group) is 1. The Bertz CT molecular complexity index is 334. The summed E-state index contributed by atoms with van der Waals surface area (Å²) >= 11 is 0. The van der Waals surface area contributed by atoms with Crippen LogP contribution in [0.3, 0.4) is 0 Å². The lowest BCUT2D eigenvalue weighted by Crippen LogP contribution is -2.59. The lowest BCUT2D eigenvalue weighted by Gasteiger charge is -2.39. The van der Waals surface area contributed by atoms with Crippen LogP contribution in [-0.4, -0.2) is 123 Å². The van der Waals surface area contributed by atoms with Crippen molar-refractivity contribution in [2.75, 3.05) is 67.1 Å². The third-order valence-corrected chi connectivity index (χ3v) is 3.70. The molecule has 10 nitrogen and oxygen atoms in total. The maximum Gasteiger partial charge on any atom is 0.186 e. The fraction of sp³-hybridized carbons (Fsp3) is 1.00. The largest absolute Gasteiger partial charge is 0.394 e. The normalized spacial score (nSPS) is 30.1. The van der Waals surface area contributed by atoms with Gasteiger partial charge in [0.1, 0.15) is 24.4 Å². The Morgan fingerprint density at radius 2 is 1.56 bits per heavy atom. The Labute approximate surface area is 147 Å². The smallest absolute Gasteiger partial charge is 0.186 e. The van der Waals surface area contributed by atoms with Crippen molar-refractivity contribution in [2.45, 2.75) is 30.7 Å². The fourth-order valence-electron chi connectivity index (χ4n) is 2.26. The van der Waals surface area contributed by atoms with Crippen LogP contribution in [0.4, 0.5) is 0 Å². The minimum atomic E-state index is -1.44. The highest BCUT2D eigenvalue weighted by atomic mass is 16.7. The number of rotatable bonds is 13. The molecule has 25 heavy (non-hydrogen) atoms. The summed E-state index contributed by atoms with van der Waals surface area (Å²) in [6.45, 7) is 2.61. The number of ether oxygens (including phenoxy) is 5. The first-order valence-electron chi connectivity index (χ1n) is 8.26. The second-order valence-electron chi connectivity index (χ2n) is 5.79. The quantitative estimate of drug-likeness (QED) is 0.202. The Kier molecular flexibility index (Phi) is 11.7. The first kappa shape index (κ1) is 22.6. The molecule has 0 aromatic rings. The van der Waals surface area contributed by atoms with Crippen molar-refractivity contribution < 1.29 is 44.1 Å². The van der Waals surface area contributed by atoms with Crippen LogP contribution in [0, 0.1) is 0 Å². The summed E-state index contributed by atoms with van der Waals surface area (Å²) in [6.07, 6.45) is -6.34. The molecule has 0 amide bonds. The summed E-state index contributed by atoms with van der Waals surface area (Å²) in [4.78, 5) is 1.98. The maximum absolute atomic E-state index is 9.79. The van der Waals surface area contributed by atoms with Crippen molar-refractivity contribution in [1.82, 2.24) is 4.90 Å². The van der Waals surface area contributed by atoms with Gasteiger partial charge in [-0.2, -0.15) is 0 Å². The van der Waals surface area contributed by atoms with Crippen molar-refractivity contribution in [1.29, 1.82) is 0 Å². The van der Waals surface area contributed by atoms with Crippen LogP contribution in [0.15, 0.2) is 0 Å². The number of nitrogens with zero attached hydrogens (tertiary/aromatic N) is 1. The topological polar surface area (TPSA) is 130 Å². The van der Waals surface area contributed by atoms with Gasteiger partial charge in [0, 0.05) is 13.7 Å². The molecular formula is C15H31NO9. The number of hydrogen-bond acceptors (Lipinski definition) is 10. The molecule has 0 aromatic carbocycles. The molecule has 0 aliphatic carbocycles. The van der Waals surface area contributed by atoms with Crippen LogP contribution in [0.2, 0.25) is 0 Å². The van der Waals surface area contributed by atoms with Crippen molar-refractivity contribution in [3.05, 3.63) is 0 Å². The average molecular weight is 369 g/mol. The molecule has 0 aromatic heterocycles. The molecule has 10 heteroatoms. The summed E-state index contributed by atoms with van der Waals surface area (Å²) in [5, 5.41) is 38.2. The molecule has 5 atom stereocenters. The van der Waals surface area contributed by atoms with Crippen LogP contribution in [0.5, 0.6) is 0 Å². The number of methoxy groups -OCH3 is 1. The van der Waals surface area contributed by atoms with Gasteiger partial charge in [0.25, 0.3) is 0 Å². The van der Waals surface area contributed by atoms with Crippen molar-refractivity contribution in [2.24, 2.45) is 0 Å². The molecule has 0 radical (unpaired) electrons. The summed E-state index contributed by atoms with van der Waals surface area (Å²) in [6, 6.07) is 0. The highest BCUT2D eigenvalue weighted by molar-refractivity contribution is 4.88. The third-order valence-electron chi connectivity index (χ3n) is 3.70. The van der Waals surface area contributed by atoms with E-state index in [1.165, 1.54) is 0 Å². The van der Waals surface area contributed by atoms with Gasteiger partial charge in [-0.15, -0.1) is 0 Å². The summed E-state index contributed by atoms with van der Waals surface area (Å²) < 4.78 is 26.2. The van der Waals surface area contributed by atoms with Crippen molar-refractivity contribution >= 4 is 0 Å². The molecule has 1 rings (SSSR count). The SMILES string of the molecule is COCN(C)CCOCCOCCOC1OC(CO)C(O)C(O)C1O. The molecule has 1 fully saturated rings. The van der Waals surface area contributed by atoms with Gasteiger partial charge in [-0.3, -0.25) is 4.90 Å². The number of aliphatic hydroxyl groups excluding tert-OH is 4. The molecule has 1 aliphatic heterocycles. The Morgan fingerprint density at radius 1 is 0.920 bits per heavy atom. The van der Waals surface area contributed by atoms with Crippen LogP contribution in [0.1, 0.15) is 0 Å². The van der Waals surface area contributed by atoms with Gasteiger partial charge >= 0.3 is 0 Å². The minimum absolute atomic E-state index is 0.124. The molecule has 5 unspecified atom stereocenters. The van der Waals surface area contributed by atoms with Crippen LogP contribution < -0.4 is 0 Å². The van der Waals surface area contributed by atoms with Crippen molar-refractivity contribution in [3.8, 4) is 0 Å². The highest BCUT2D eigenvalue weighted by Crippen LogP contribution is 2.21. The van der Waals surface area contributed by atoms with E-state index in [2.05, 4.69) is 0 Å². The Morgan fingerprint density at radius 3 is 2.20 bits per heavy atom. The van der Waals surface area contributed by atoms with E-state index in [4.69, 9.17) is 28.8 Å². The van der Waals surface area contributed by atoms with Crippen molar-refractivity contribution in [3.63, 3.8) is 0 Å². The monoisotopic (exact) mass is 369 g/mol. The first-order valence-corrected chi connectivity index (χ1v) is 8.26. The van der Waals surface area contributed by atoms with Gasteiger partial charge in [-0.25, -0.2) is 0 Å². The molecule has 0 bridgehead atoms. The van der Waals surface area contributed by atoms with Gasteiger partial charge < -0.3 is 44.1 Å². The maximum atomic E-state index is 9.79. The predicted molar refractivity (Wildman–Crippen MR) is 85.9 cm³/mol. The van der Waals surface area contributed by atoms with Crippen LogP contribution >= 0.6 is 0 Å². The molecule has 1 heterocycles. The lowest BCUT2D eigenvalue weighted by atomic mass is 9.99. The zero-order valence-electron chi connectivity index (χ0n) is 14.8. The molecule has 4 N–H and O–H groups in total.